The van der Waals surface area contributed by atoms with Crippen molar-refractivity contribution in [1.82, 2.24) is 15.2 Å². The number of hydrogen-bond acceptors (Lipinski definition) is 3. The molecule has 6 nitrogen and oxygen atoms in total. The molecule has 3 rings (SSSR count). The van der Waals surface area contributed by atoms with Gasteiger partial charge in [0, 0.05) is 6.20 Å². The third kappa shape index (κ3) is 2.85. The molecular weight excluding hydrogens is 302 g/mol. The zero-order chi connectivity index (χ0) is 15.6. The van der Waals surface area contributed by atoms with E-state index >= 15 is 0 Å². The fourth-order valence-electron chi connectivity index (χ4n) is 2.05. The first-order valence-corrected chi connectivity index (χ1v) is 7.99. The summed E-state index contributed by atoms with van der Waals surface area (Å²) in [5.74, 6) is -0.561. The summed E-state index contributed by atoms with van der Waals surface area (Å²) in [4.78, 5) is 16.6. The van der Waals surface area contributed by atoms with Crippen LogP contribution in [0.1, 0.15) is 10.5 Å². The molecule has 3 aromatic rings. The number of H-pyrrole nitrogens is 1. The molecule has 1 amide bonds. The molecule has 0 aliphatic rings. The van der Waals surface area contributed by atoms with E-state index in [1.54, 1.807) is 30.5 Å². The van der Waals surface area contributed by atoms with Crippen LogP contribution in [0.3, 0.4) is 0 Å². The van der Waals surface area contributed by atoms with Gasteiger partial charge in [0.15, 0.2) is 0 Å². The second kappa shape index (κ2) is 5.63. The van der Waals surface area contributed by atoms with Crippen molar-refractivity contribution in [2.45, 2.75) is 4.90 Å². The molecule has 3 N–H and O–H groups in total. The maximum Gasteiger partial charge on any atom is 0.282 e. The van der Waals surface area contributed by atoms with Crippen LogP contribution in [0.5, 0.6) is 0 Å². The van der Waals surface area contributed by atoms with Crippen LogP contribution in [-0.2, 0) is 10.0 Å². The van der Waals surface area contributed by atoms with Crippen LogP contribution in [0.15, 0.2) is 65.7 Å². The fraction of sp³-hybridized carbons (Fsp3) is 0. The molecule has 0 aliphatic heterocycles. The van der Waals surface area contributed by atoms with Crippen LogP contribution in [-0.4, -0.2) is 19.3 Å². The minimum atomic E-state index is -3.83. The number of nitrogens with one attached hydrogen (secondary N) is 3. The molecule has 0 bridgehead atoms. The van der Waals surface area contributed by atoms with Crippen LogP contribution in [0.25, 0.3) is 10.8 Å². The second-order valence-electron chi connectivity index (χ2n) is 4.65. The van der Waals surface area contributed by atoms with E-state index in [1.807, 2.05) is 24.3 Å². The van der Waals surface area contributed by atoms with E-state index in [-0.39, 0.29) is 10.6 Å². The standard InChI is InChI=1S/C15H13N3O3S/c19-15(14-6-3-9-16-14)17-18-22(20,21)13-8-7-11-4-1-2-5-12(11)10-13/h1-10,16,18H,(H,17,19). The smallest absolute Gasteiger partial charge is 0.282 e. The van der Waals surface area contributed by atoms with Crippen LogP contribution in [0.4, 0.5) is 0 Å². The quantitative estimate of drug-likeness (QED) is 0.641. The Balaban J connectivity index is 1.80. The summed E-state index contributed by atoms with van der Waals surface area (Å²) < 4.78 is 24.4. The van der Waals surface area contributed by atoms with Gasteiger partial charge in [0.1, 0.15) is 5.69 Å². The first-order chi connectivity index (χ1) is 10.6. The Morgan fingerprint density at radius 1 is 0.955 bits per heavy atom. The number of hydrogen-bond donors (Lipinski definition) is 3. The Morgan fingerprint density at radius 3 is 2.45 bits per heavy atom. The molecular formula is C15H13N3O3S. The van der Waals surface area contributed by atoms with E-state index in [0.717, 1.165) is 10.8 Å². The highest BCUT2D eigenvalue weighted by molar-refractivity contribution is 7.89. The van der Waals surface area contributed by atoms with Crippen molar-refractivity contribution >= 4 is 26.7 Å². The minimum Gasteiger partial charge on any atom is -0.357 e. The molecule has 0 atom stereocenters. The van der Waals surface area contributed by atoms with Crippen molar-refractivity contribution < 1.29 is 13.2 Å². The zero-order valence-corrected chi connectivity index (χ0v) is 12.2. The van der Waals surface area contributed by atoms with Crippen molar-refractivity contribution in [2.75, 3.05) is 0 Å². The Kier molecular flexibility index (Phi) is 3.66. The van der Waals surface area contributed by atoms with E-state index in [1.165, 1.54) is 6.07 Å². The van der Waals surface area contributed by atoms with Crippen molar-refractivity contribution in [3.8, 4) is 0 Å². The number of aromatic amines is 1. The second-order valence-corrected chi connectivity index (χ2v) is 6.33. The van der Waals surface area contributed by atoms with Crippen molar-refractivity contribution in [1.29, 1.82) is 0 Å². The predicted octanol–water partition coefficient (Wildman–Crippen LogP) is 1.79. The van der Waals surface area contributed by atoms with Gasteiger partial charge in [0.2, 0.25) is 0 Å². The molecule has 112 valence electrons. The van der Waals surface area contributed by atoms with Gasteiger partial charge in [0.05, 0.1) is 4.90 Å². The summed E-state index contributed by atoms with van der Waals surface area (Å²) >= 11 is 0. The number of carbonyl (C=O) groups excluding carboxylic acids is 1. The third-order valence-corrected chi connectivity index (χ3v) is 4.42. The number of amides is 1. The summed E-state index contributed by atoms with van der Waals surface area (Å²) in [7, 11) is -3.83. The van der Waals surface area contributed by atoms with Gasteiger partial charge in [-0.1, -0.05) is 30.3 Å². The maximum absolute atomic E-state index is 12.2. The molecule has 0 radical (unpaired) electrons. The van der Waals surface area contributed by atoms with E-state index in [2.05, 4.69) is 15.2 Å². The van der Waals surface area contributed by atoms with Gasteiger partial charge < -0.3 is 4.98 Å². The van der Waals surface area contributed by atoms with Crippen LogP contribution in [0, 0.1) is 0 Å². The first-order valence-electron chi connectivity index (χ1n) is 6.51. The van der Waals surface area contributed by atoms with Gasteiger partial charge in [-0.3, -0.25) is 10.2 Å². The number of rotatable bonds is 4. The molecule has 0 saturated heterocycles. The fourth-order valence-corrected chi connectivity index (χ4v) is 2.92. The number of sulfonamides is 1. The third-order valence-electron chi connectivity index (χ3n) is 3.17. The number of hydrazine groups is 1. The highest BCUT2D eigenvalue weighted by Gasteiger charge is 2.16. The average molecular weight is 315 g/mol. The SMILES string of the molecule is O=C(NNS(=O)(=O)c1ccc2ccccc2c1)c1ccc[nH]1. The Labute approximate surface area is 127 Å². The number of benzene rings is 2. The molecule has 0 saturated carbocycles. The van der Waals surface area contributed by atoms with Crippen LogP contribution >= 0.6 is 0 Å². The van der Waals surface area contributed by atoms with Crippen LogP contribution in [0.2, 0.25) is 0 Å². The molecule has 1 aromatic heterocycles. The maximum atomic E-state index is 12.2. The summed E-state index contributed by atoms with van der Waals surface area (Å²) in [6.45, 7) is 0. The predicted molar refractivity (Wildman–Crippen MR) is 82.5 cm³/mol. The lowest BCUT2D eigenvalue weighted by molar-refractivity contribution is 0.0940. The molecule has 1 heterocycles. The number of carbonyl (C=O) groups is 1. The minimum absolute atomic E-state index is 0.0815. The monoisotopic (exact) mass is 315 g/mol. The van der Waals surface area contributed by atoms with Gasteiger partial charge in [-0.15, -0.1) is 4.83 Å². The summed E-state index contributed by atoms with van der Waals surface area (Å²) in [5.41, 5.74) is 2.43. The van der Waals surface area contributed by atoms with Crippen LogP contribution < -0.4 is 10.3 Å². The zero-order valence-electron chi connectivity index (χ0n) is 11.4. The summed E-state index contributed by atoms with van der Waals surface area (Å²) in [6.07, 6.45) is 1.58. The van der Waals surface area contributed by atoms with Crippen molar-refractivity contribution in [3.63, 3.8) is 0 Å². The Bertz CT molecular complexity index is 918. The Morgan fingerprint density at radius 2 is 1.73 bits per heavy atom. The molecule has 22 heavy (non-hydrogen) atoms. The summed E-state index contributed by atoms with van der Waals surface area (Å²) in [6, 6.07) is 15.4. The van der Waals surface area contributed by atoms with Gasteiger partial charge in [-0.25, -0.2) is 8.42 Å². The van der Waals surface area contributed by atoms with E-state index < -0.39 is 15.9 Å². The first kappa shape index (κ1) is 14.3. The lowest BCUT2D eigenvalue weighted by atomic mass is 10.1. The molecule has 7 heteroatoms. The Hall–Kier alpha value is -2.64. The van der Waals surface area contributed by atoms with Gasteiger partial charge in [-0.2, -0.15) is 0 Å². The lowest BCUT2D eigenvalue weighted by Crippen LogP contribution is -2.41. The van der Waals surface area contributed by atoms with E-state index in [9.17, 15) is 13.2 Å². The molecule has 0 unspecified atom stereocenters. The molecule has 0 fully saturated rings. The average Bonchev–Trinajstić information content (AvgIpc) is 3.07. The highest BCUT2D eigenvalue weighted by Crippen LogP contribution is 2.18. The van der Waals surface area contributed by atoms with E-state index in [4.69, 9.17) is 0 Å². The van der Waals surface area contributed by atoms with Gasteiger partial charge in [-0.05, 0) is 35.0 Å². The molecule has 0 aliphatic carbocycles. The summed E-state index contributed by atoms with van der Waals surface area (Å²) in [5, 5.41) is 1.75. The normalized spacial score (nSPS) is 11.5. The molecule has 0 spiro atoms. The molecule has 2 aromatic carbocycles. The topological polar surface area (TPSA) is 91.1 Å². The van der Waals surface area contributed by atoms with Crippen molar-refractivity contribution in [3.05, 3.63) is 66.5 Å². The van der Waals surface area contributed by atoms with Crippen molar-refractivity contribution in [2.24, 2.45) is 0 Å². The lowest BCUT2D eigenvalue weighted by Gasteiger charge is -2.08. The van der Waals surface area contributed by atoms with Gasteiger partial charge >= 0.3 is 0 Å². The number of fused-ring (bicyclic) bond motifs is 1. The largest absolute Gasteiger partial charge is 0.357 e. The highest BCUT2D eigenvalue weighted by atomic mass is 32.2. The number of aromatic nitrogens is 1. The van der Waals surface area contributed by atoms with Gasteiger partial charge in [0.25, 0.3) is 15.9 Å². The van der Waals surface area contributed by atoms with E-state index in [0.29, 0.717) is 0 Å².